The minimum Gasteiger partial charge on any atom is -0.444 e. The quantitative estimate of drug-likeness (QED) is 0.724. The lowest BCUT2D eigenvalue weighted by molar-refractivity contribution is -0.0840. The molecule has 23 heavy (non-hydrogen) atoms. The van der Waals surface area contributed by atoms with E-state index in [2.05, 4.69) is 28.1 Å². The van der Waals surface area contributed by atoms with E-state index in [0.717, 1.165) is 24.9 Å². The van der Waals surface area contributed by atoms with E-state index in [1.165, 1.54) is 0 Å². The number of hydrogen-bond acceptors (Lipinski definition) is 3. The lowest BCUT2D eigenvalue weighted by Crippen LogP contribution is -2.53. The van der Waals surface area contributed by atoms with Crippen molar-refractivity contribution in [1.82, 2.24) is 4.90 Å². The van der Waals surface area contributed by atoms with Crippen molar-refractivity contribution in [2.24, 2.45) is 0 Å². The number of likely N-dealkylation sites (tertiary alicyclic amines) is 1. The first-order valence-corrected chi connectivity index (χ1v) is 9.17. The number of amides is 1. The van der Waals surface area contributed by atoms with Crippen molar-refractivity contribution in [3.63, 3.8) is 0 Å². The predicted molar refractivity (Wildman–Crippen MR) is 94.8 cm³/mol. The third-order valence-corrected chi connectivity index (χ3v) is 4.84. The highest BCUT2D eigenvalue weighted by molar-refractivity contribution is 9.09. The molecule has 1 aliphatic heterocycles. The van der Waals surface area contributed by atoms with Gasteiger partial charge in [0, 0.05) is 11.9 Å². The number of rotatable bonds is 4. The van der Waals surface area contributed by atoms with Crippen LogP contribution in [0.5, 0.6) is 0 Å². The Morgan fingerprint density at radius 3 is 2.61 bits per heavy atom. The van der Waals surface area contributed by atoms with Crippen molar-refractivity contribution in [3.8, 4) is 0 Å². The van der Waals surface area contributed by atoms with E-state index in [1.807, 2.05) is 39.0 Å². The van der Waals surface area contributed by atoms with Gasteiger partial charge in [0.2, 0.25) is 0 Å². The summed E-state index contributed by atoms with van der Waals surface area (Å²) < 4.78 is 11.7. The summed E-state index contributed by atoms with van der Waals surface area (Å²) in [6, 6.07) is 10.1. The average molecular weight is 384 g/mol. The molecule has 2 rings (SSSR count). The van der Waals surface area contributed by atoms with Crippen molar-refractivity contribution in [2.45, 2.75) is 51.4 Å². The minimum absolute atomic E-state index is 0.258. The zero-order valence-electron chi connectivity index (χ0n) is 14.2. The zero-order valence-corrected chi connectivity index (χ0v) is 15.8. The van der Waals surface area contributed by atoms with Crippen molar-refractivity contribution < 1.29 is 14.3 Å². The number of benzene rings is 1. The van der Waals surface area contributed by atoms with E-state index >= 15 is 0 Å². The number of ether oxygens (including phenoxy) is 2. The molecule has 128 valence electrons. The van der Waals surface area contributed by atoms with Gasteiger partial charge < -0.3 is 14.4 Å². The van der Waals surface area contributed by atoms with Crippen molar-refractivity contribution in [1.29, 1.82) is 0 Å². The third kappa shape index (κ3) is 5.50. The molecule has 4 nitrogen and oxygen atoms in total. The predicted octanol–water partition coefficient (Wildman–Crippen LogP) is 4.37. The molecule has 1 saturated heterocycles. The lowest BCUT2D eigenvalue weighted by atomic mass is 9.95. The topological polar surface area (TPSA) is 38.8 Å². The summed E-state index contributed by atoms with van der Waals surface area (Å²) in [6.45, 7) is 7.49. The molecule has 0 saturated carbocycles. The maximum Gasteiger partial charge on any atom is 0.410 e. The molecule has 1 atom stereocenters. The Kier molecular flexibility index (Phi) is 6.09. The molecule has 1 aliphatic rings. The molecule has 1 amide bonds. The molecule has 0 aliphatic carbocycles. The van der Waals surface area contributed by atoms with Gasteiger partial charge in [-0.05, 0) is 39.2 Å². The highest BCUT2D eigenvalue weighted by Gasteiger charge is 2.38. The van der Waals surface area contributed by atoms with Crippen LogP contribution in [0.4, 0.5) is 4.79 Å². The Morgan fingerprint density at radius 1 is 1.30 bits per heavy atom. The van der Waals surface area contributed by atoms with Gasteiger partial charge in [0.1, 0.15) is 5.60 Å². The highest BCUT2D eigenvalue weighted by atomic mass is 79.9. The van der Waals surface area contributed by atoms with Crippen LogP contribution in [0.1, 0.15) is 39.2 Å². The standard InChI is InChI=1S/C18H26BrNO3/c1-17(2,3)23-16(21)20-11-7-10-18(13-19,14-20)22-12-15-8-5-4-6-9-15/h4-6,8-9H,7,10-14H2,1-3H3. The maximum atomic E-state index is 12.3. The molecule has 0 spiro atoms. The van der Waals surface area contributed by atoms with Crippen LogP contribution in [0.2, 0.25) is 0 Å². The van der Waals surface area contributed by atoms with E-state index < -0.39 is 5.60 Å². The van der Waals surface area contributed by atoms with Crippen LogP contribution in [-0.4, -0.2) is 40.6 Å². The van der Waals surface area contributed by atoms with Gasteiger partial charge in [-0.2, -0.15) is 0 Å². The fourth-order valence-corrected chi connectivity index (χ4v) is 3.28. The van der Waals surface area contributed by atoms with E-state index in [9.17, 15) is 4.79 Å². The summed E-state index contributed by atoms with van der Waals surface area (Å²) in [5.74, 6) is 0. The van der Waals surface area contributed by atoms with E-state index in [4.69, 9.17) is 9.47 Å². The van der Waals surface area contributed by atoms with Gasteiger partial charge in [-0.1, -0.05) is 46.3 Å². The Morgan fingerprint density at radius 2 is 2.00 bits per heavy atom. The van der Waals surface area contributed by atoms with Crippen LogP contribution in [0.3, 0.4) is 0 Å². The molecule has 0 bridgehead atoms. The average Bonchev–Trinajstić information content (AvgIpc) is 2.53. The first-order valence-electron chi connectivity index (χ1n) is 8.05. The van der Waals surface area contributed by atoms with Crippen LogP contribution >= 0.6 is 15.9 Å². The number of halogens is 1. The Bertz CT molecular complexity index is 515. The van der Waals surface area contributed by atoms with Gasteiger partial charge in [-0.15, -0.1) is 0 Å². The molecule has 5 heteroatoms. The number of piperidine rings is 1. The highest BCUT2D eigenvalue weighted by Crippen LogP contribution is 2.29. The van der Waals surface area contributed by atoms with Gasteiger partial charge in [0.25, 0.3) is 0 Å². The minimum atomic E-state index is -0.476. The van der Waals surface area contributed by atoms with E-state index in [0.29, 0.717) is 18.5 Å². The molecule has 1 heterocycles. The smallest absolute Gasteiger partial charge is 0.410 e. The van der Waals surface area contributed by atoms with E-state index in [-0.39, 0.29) is 11.7 Å². The Balaban J connectivity index is 1.99. The number of alkyl halides is 1. The second-order valence-corrected chi connectivity index (χ2v) is 7.66. The number of hydrogen-bond donors (Lipinski definition) is 0. The van der Waals surface area contributed by atoms with Crippen LogP contribution in [0.25, 0.3) is 0 Å². The van der Waals surface area contributed by atoms with Crippen LogP contribution in [-0.2, 0) is 16.1 Å². The first kappa shape index (κ1) is 18.3. The summed E-state index contributed by atoms with van der Waals surface area (Å²) in [5.41, 5.74) is 0.309. The van der Waals surface area contributed by atoms with Crippen molar-refractivity contribution >= 4 is 22.0 Å². The molecule has 0 N–H and O–H groups in total. The maximum absolute atomic E-state index is 12.3. The van der Waals surface area contributed by atoms with Crippen molar-refractivity contribution in [2.75, 3.05) is 18.4 Å². The van der Waals surface area contributed by atoms with Crippen LogP contribution < -0.4 is 0 Å². The lowest BCUT2D eigenvalue weighted by Gasteiger charge is -2.42. The summed E-state index contributed by atoms with van der Waals surface area (Å²) >= 11 is 3.58. The van der Waals surface area contributed by atoms with Crippen LogP contribution in [0, 0.1) is 0 Å². The first-order chi connectivity index (χ1) is 10.8. The second-order valence-electron chi connectivity index (χ2n) is 7.10. The van der Waals surface area contributed by atoms with Crippen LogP contribution in [0.15, 0.2) is 30.3 Å². The molecule has 0 radical (unpaired) electrons. The molecule has 1 aromatic carbocycles. The van der Waals surface area contributed by atoms with E-state index in [1.54, 1.807) is 4.90 Å². The number of carbonyl (C=O) groups is 1. The summed E-state index contributed by atoms with van der Waals surface area (Å²) in [7, 11) is 0. The number of nitrogens with zero attached hydrogens (tertiary/aromatic N) is 1. The van der Waals surface area contributed by atoms with Gasteiger partial charge in [0.05, 0.1) is 18.8 Å². The van der Waals surface area contributed by atoms with Gasteiger partial charge in [0.15, 0.2) is 0 Å². The fourth-order valence-electron chi connectivity index (χ4n) is 2.66. The normalized spacial score (nSPS) is 22.0. The van der Waals surface area contributed by atoms with Crippen molar-refractivity contribution in [3.05, 3.63) is 35.9 Å². The largest absolute Gasteiger partial charge is 0.444 e. The van der Waals surface area contributed by atoms with Gasteiger partial charge in [-0.25, -0.2) is 4.79 Å². The molecular formula is C18H26BrNO3. The van der Waals surface area contributed by atoms with Gasteiger partial charge >= 0.3 is 6.09 Å². The monoisotopic (exact) mass is 383 g/mol. The SMILES string of the molecule is CC(C)(C)OC(=O)N1CCCC(CBr)(OCc2ccccc2)C1. The Labute approximate surface area is 147 Å². The third-order valence-electron chi connectivity index (χ3n) is 3.82. The molecule has 1 aromatic rings. The zero-order chi connectivity index (χ0) is 16.9. The molecule has 1 unspecified atom stereocenters. The summed E-state index contributed by atoms with van der Waals surface area (Å²) in [6.07, 6.45) is 1.59. The Hall–Kier alpha value is -1.07. The molecule has 0 aromatic heterocycles. The van der Waals surface area contributed by atoms with Gasteiger partial charge in [-0.3, -0.25) is 0 Å². The number of carbonyl (C=O) groups excluding carboxylic acids is 1. The fraction of sp³-hybridized carbons (Fsp3) is 0.611. The summed E-state index contributed by atoms with van der Waals surface area (Å²) in [5, 5.41) is 0.701. The molecule has 1 fully saturated rings. The summed E-state index contributed by atoms with van der Waals surface area (Å²) in [4.78, 5) is 14.1. The second kappa shape index (κ2) is 7.67. The molecular weight excluding hydrogens is 358 g/mol.